The Balaban J connectivity index is 2.19. The first kappa shape index (κ1) is 15.2. The number of anilines is 2. The molecule has 21 heavy (non-hydrogen) atoms. The van der Waals surface area contributed by atoms with Gasteiger partial charge in [0.15, 0.2) is 11.6 Å². The molecule has 0 unspecified atom stereocenters. The number of rotatable bonds is 6. The minimum Gasteiger partial charge on any atom is -0.494 e. The molecule has 0 radical (unpaired) electrons. The van der Waals surface area contributed by atoms with Crippen LogP contribution < -0.4 is 15.4 Å². The molecular formula is C17H21FN2O. The summed E-state index contributed by atoms with van der Waals surface area (Å²) in [7, 11) is 1.47. The molecule has 0 spiro atoms. The predicted octanol–water partition coefficient (Wildman–Crippen LogP) is 3.83. The van der Waals surface area contributed by atoms with Gasteiger partial charge in [-0.25, -0.2) is 4.39 Å². The van der Waals surface area contributed by atoms with E-state index in [9.17, 15) is 4.39 Å². The van der Waals surface area contributed by atoms with Crippen LogP contribution in [0.1, 0.15) is 18.9 Å². The summed E-state index contributed by atoms with van der Waals surface area (Å²) in [6.07, 6.45) is 1.02. The van der Waals surface area contributed by atoms with Crippen LogP contribution >= 0.6 is 0 Å². The van der Waals surface area contributed by atoms with Gasteiger partial charge in [-0.3, -0.25) is 0 Å². The smallest absolute Gasteiger partial charge is 0.165 e. The maximum Gasteiger partial charge on any atom is 0.165 e. The van der Waals surface area contributed by atoms with E-state index in [1.54, 1.807) is 6.07 Å². The lowest BCUT2D eigenvalue weighted by Crippen LogP contribution is -2.23. The minimum atomic E-state index is -0.330. The summed E-state index contributed by atoms with van der Waals surface area (Å²) < 4.78 is 18.7. The molecule has 0 amide bonds. The van der Waals surface area contributed by atoms with Crippen molar-refractivity contribution >= 4 is 11.4 Å². The molecule has 0 aliphatic carbocycles. The van der Waals surface area contributed by atoms with Crippen LogP contribution in [-0.4, -0.2) is 13.7 Å². The van der Waals surface area contributed by atoms with E-state index in [-0.39, 0.29) is 11.6 Å². The zero-order valence-corrected chi connectivity index (χ0v) is 12.5. The summed E-state index contributed by atoms with van der Waals surface area (Å²) >= 11 is 0. The molecule has 0 aliphatic rings. The Bertz CT molecular complexity index is 584. The summed E-state index contributed by atoms with van der Waals surface area (Å²) in [5.41, 5.74) is 8.47. The summed E-state index contributed by atoms with van der Waals surface area (Å²) in [6, 6.07) is 12.8. The van der Waals surface area contributed by atoms with Crippen LogP contribution in [-0.2, 0) is 6.54 Å². The zero-order chi connectivity index (χ0) is 15.2. The quantitative estimate of drug-likeness (QED) is 0.821. The fourth-order valence-corrected chi connectivity index (χ4v) is 2.28. The normalized spacial score (nSPS) is 10.4. The van der Waals surface area contributed by atoms with Crippen molar-refractivity contribution in [3.05, 3.63) is 53.8 Å². The highest BCUT2D eigenvalue weighted by Gasteiger charge is 2.09. The molecule has 2 rings (SSSR count). The summed E-state index contributed by atoms with van der Waals surface area (Å²) in [4.78, 5) is 2.21. The third-order valence-electron chi connectivity index (χ3n) is 3.34. The number of hydrogen-bond donors (Lipinski definition) is 1. The number of hydrogen-bond acceptors (Lipinski definition) is 3. The largest absolute Gasteiger partial charge is 0.494 e. The Labute approximate surface area is 125 Å². The molecule has 3 nitrogen and oxygen atoms in total. The van der Waals surface area contributed by atoms with Crippen molar-refractivity contribution in [2.24, 2.45) is 0 Å². The van der Waals surface area contributed by atoms with Crippen LogP contribution in [0.2, 0.25) is 0 Å². The summed E-state index contributed by atoms with van der Waals surface area (Å²) in [5.74, 6) is -0.0583. The highest BCUT2D eigenvalue weighted by molar-refractivity contribution is 5.53. The molecule has 0 bridgehead atoms. The number of nitrogen functional groups attached to an aromatic ring is 1. The lowest BCUT2D eigenvalue weighted by Gasteiger charge is -2.24. The molecule has 0 saturated heterocycles. The third kappa shape index (κ3) is 3.88. The molecule has 0 aromatic heterocycles. The molecule has 0 heterocycles. The molecule has 2 aromatic rings. The average Bonchev–Trinajstić information content (AvgIpc) is 2.48. The first-order chi connectivity index (χ1) is 10.1. The molecule has 0 aliphatic heterocycles. The van der Waals surface area contributed by atoms with E-state index >= 15 is 0 Å². The highest BCUT2D eigenvalue weighted by atomic mass is 19.1. The van der Waals surface area contributed by atoms with Crippen LogP contribution in [0, 0.1) is 5.82 Å². The number of benzene rings is 2. The van der Waals surface area contributed by atoms with E-state index in [0.29, 0.717) is 6.54 Å². The van der Waals surface area contributed by atoms with Crippen molar-refractivity contribution in [2.45, 2.75) is 19.9 Å². The van der Waals surface area contributed by atoms with E-state index < -0.39 is 0 Å². The number of methoxy groups -OCH3 is 1. The van der Waals surface area contributed by atoms with Gasteiger partial charge in [-0.05, 0) is 48.4 Å². The number of ether oxygens (including phenoxy) is 1. The fraction of sp³-hybridized carbons (Fsp3) is 0.294. The van der Waals surface area contributed by atoms with Gasteiger partial charge in [-0.2, -0.15) is 0 Å². The van der Waals surface area contributed by atoms with Gasteiger partial charge in [0.2, 0.25) is 0 Å². The number of halogens is 1. The first-order valence-electron chi connectivity index (χ1n) is 7.07. The van der Waals surface area contributed by atoms with Gasteiger partial charge >= 0.3 is 0 Å². The first-order valence-corrected chi connectivity index (χ1v) is 7.07. The van der Waals surface area contributed by atoms with E-state index in [0.717, 1.165) is 29.9 Å². The van der Waals surface area contributed by atoms with Gasteiger partial charge in [-0.1, -0.05) is 13.0 Å². The van der Waals surface area contributed by atoms with E-state index in [2.05, 4.69) is 11.8 Å². The van der Waals surface area contributed by atoms with Gasteiger partial charge in [0.25, 0.3) is 0 Å². The molecule has 0 atom stereocenters. The standard InChI is InChI=1S/C17H21FN2O/c1-3-10-20(15-7-5-14(19)6-8-15)12-13-4-9-17(21-2)16(18)11-13/h4-9,11H,3,10,12,19H2,1-2H3. The molecular weight excluding hydrogens is 267 g/mol. The second-order valence-electron chi connectivity index (χ2n) is 4.98. The summed E-state index contributed by atoms with van der Waals surface area (Å²) in [5, 5.41) is 0. The average molecular weight is 288 g/mol. The lowest BCUT2D eigenvalue weighted by atomic mass is 10.1. The maximum absolute atomic E-state index is 13.8. The van der Waals surface area contributed by atoms with Crippen LogP contribution in [0.3, 0.4) is 0 Å². The van der Waals surface area contributed by atoms with Crippen molar-refractivity contribution < 1.29 is 9.13 Å². The van der Waals surface area contributed by atoms with Gasteiger partial charge < -0.3 is 15.4 Å². The molecule has 2 N–H and O–H groups in total. The second-order valence-corrected chi connectivity index (χ2v) is 4.98. The van der Waals surface area contributed by atoms with Crippen LogP contribution in [0.5, 0.6) is 5.75 Å². The molecule has 0 saturated carbocycles. The van der Waals surface area contributed by atoms with Gasteiger partial charge in [0.05, 0.1) is 7.11 Å². The summed E-state index contributed by atoms with van der Waals surface area (Å²) in [6.45, 7) is 3.68. The Hall–Kier alpha value is -2.23. The van der Waals surface area contributed by atoms with Gasteiger partial charge in [0, 0.05) is 24.5 Å². The minimum absolute atomic E-state index is 0.272. The van der Waals surface area contributed by atoms with Crippen LogP contribution in [0.15, 0.2) is 42.5 Å². The molecule has 112 valence electrons. The van der Waals surface area contributed by atoms with E-state index in [1.807, 2.05) is 30.3 Å². The van der Waals surface area contributed by atoms with Crippen molar-refractivity contribution in [3.8, 4) is 5.75 Å². The zero-order valence-electron chi connectivity index (χ0n) is 12.5. The Morgan fingerprint density at radius 1 is 1.14 bits per heavy atom. The molecule has 2 aromatic carbocycles. The third-order valence-corrected chi connectivity index (χ3v) is 3.34. The topological polar surface area (TPSA) is 38.5 Å². The van der Waals surface area contributed by atoms with Crippen LogP contribution in [0.25, 0.3) is 0 Å². The van der Waals surface area contributed by atoms with Gasteiger partial charge in [-0.15, -0.1) is 0 Å². The molecule has 0 fully saturated rings. The number of nitrogens with zero attached hydrogens (tertiary/aromatic N) is 1. The predicted molar refractivity (Wildman–Crippen MR) is 85.1 cm³/mol. The maximum atomic E-state index is 13.8. The van der Waals surface area contributed by atoms with Crippen molar-refractivity contribution in [1.82, 2.24) is 0 Å². The van der Waals surface area contributed by atoms with Crippen molar-refractivity contribution in [1.29, 1.82) is 0 Å². The Morgan fingerprint density at radius 2 is 1.86 bits per heavy atom. The Kier molecular flexibility index (Phi) is 5.04. The van der Waals surface area contributed by atoms with Crippen molar-refractivity contribution in [3.63, 3.8) is 0 Å². The number of nitrogens with two attached hydrogens (primary N) is 1. The lowest BCUT2D eigenvalue weighted by molar-refractivity contribution is 0.386. The second kappa shape index (κ2) is 6.97. The SMILES string of the molecule is CCCN(Cc1ccc(OC)c(F)c1)c1ccc(N)cc1. The van der Waals surface area contributed by atoms with E-state index in [1.165, 1.54) is 13.2 Å². The highest BCUT2D eigenvalue weighted by Crippen LogP contribution is 2.22. The van der Waals surface area contributed by atoms with E-state index in [4.69, 9.17) is 10.5 Å². The Morgan fingerprint density at radius 3 is 2.43 bits per heavy atom. The van der Waals surface area contributed by atoms with Gasteiger partial charge in [0.1, 0.15) is 0 Å². The van der Waals surface area contributed by atoms with Crippen molar-refractivity contribution in [2.75, 3.05) is 24.3 Å². The monoisotopic (exact) mass is 288 g/mol. The van der Waals surface area contributed by atoms with Crippen LogP contribution in [0.4, 0.5) is 15.8 Å². The molecule has 4 heteroatoms. The fourth-order valence-electron chi connectivity index (χ4n) is 2.28.